The summed E-state index contributed by atoms with van der Waals surface area (Å²) in [5.41, 5.74) is 0.454. The van der Waals surface area contributed by atoms with E-state index in [1.165, 1.54) is 23.8 Å². The zero-order chi connectivity index (χ0) is 22.0. The summed E-state index contributed by atoms with van der Waals surface area (Å²) >= 11 is 0. The molecule has 0 atom stereocenters. The van der Waals surface area contributed by atoms with Gasteiger partial charge in [0.1, 0.15) is 11.5 Å². The summed E-state index contributed by atoms with van der Waals surface area (Å²) in [6.45, 7) is 3.52. The smallest absolute Gasteiger partial charge is 0.345 e. The number of carbonyl (C=O) groups is 1. The molecule has 0 bridgehead atoms. The lowest BCUT2D eigenvalue weighted by Gasteiger charge is -2.27. The molecule has 3 heterocycles. The highest BCUT2D eigenvalue weighted by Crippen LogP contribution is 2.35. The minimum Gasteiger partial charge on any atom is -0.495 e. The van der Waals surface area contributed by atoms with Gasteiger partial charge in [-0.1, -0.05) is 12.1 Å². The molecule has 3 aromatic rings. The SMILES string of the molecule is COc1c(C(=O)O)c(=O)n(CCN2CCOCC2)c2nccc(-c3ccc(F)cc3)c12. The highest BCUT2D eigenvalue weighted by Gasteiger charge is 2.26. The van der Waals surface area contributed by atoms with Crippen LogP contribution in [-0.4, -0.2) is 65.5 Å². The Morgan fingerprint density at radius 3 is 2.55 bits per heavy atom. The fourth-order valence-corrected chi connectivity index (χ4v) is 3.87. The second-order valence-electron chi connectivity index (χ2n) is 7.19. The van der Waals surface area contributed by atoms with Crippen LogP contribution in [0.25, 0.3) is 22.2 Å². The molecule has 162 valence electrons. The van der Waals surface area contributed by atoms with Gasteiger partial charge in [0.05, 0.1) is 25.7 Å². The Labute approximate surface area is 177 Å². The summed E-state index contributed by atoms with van der Waals surface area (Å²) in [5, 5.41) is 10.2. The molecular weight excluding hydrogens is 405 g/mol. The summed E-state index contributed by atoms with van der Waals surface area (Å²) in [4.78, 5) is 31.7. The summed E-state index contributed by atoms with van der Waals surface area (Å²) in [6.07, 6.45) is 1.55. The van der Waals surface area contributed by atoms with E-state index in [0.29, 0.717) is 41.9 Å². The van der Waals surface area contributed by atoms with E-state index in [1.807, 2.05) is 0 Å². The number of pyridine rings is 2. The van der Waals surface area contributed by atoms with E-state index in [2.05, 4.69) is 9.88 Å². The number of aromatic nitrogens is 2. The third kappa shape index (κ3) is 4.01. The van der Waals surface area contributed by atoms with Crippen molar-refractivity contribution in [1.82, 2.24) is 14.5 Å². The molecule has 0 amide bonds. The van der Waals surface area contributed by atoms with Crippen molar-refractivity contribution in [3.63, 3.8) is 0 Å². The fourth-order valence-electron chi connectivity index (χ4n) is 3.87. The summed E-state index contributed by atoms with van der Waals surface area (Å²) in [5.74, 6) is -1.82. The first kappa shape index (κ1) is 21.0. The highest BCUT2D eigenvalue weighted by atomic mass is 19.1. The van der Waals surface area contributed by atoms with Crippen molar-refractivity contribution >= 4 is 17.0 Å². The van der Waals surface area contributed by atoms with Crippen LogP contribution in [0.3, 0.4) is 0 Å². The topological polar surface area (TPSA) is 93.9 Å². The minimum absolute atomic E-state index is 0.0532. The predicted octanol–water partition coefficient (Wildman–Crippen LogP) is 2.24. The number of nitrogens with zero attached hydrogens (tertiary/aromatic N) is 3. The van der Waals surface area contributed by atoms with Gasteiger partial charge in [0, 0.05) is 32.4 Å². The second kappa shape index (κ2) is 8.83. The molecule has 0 radical (unpaired) electrons. The number of halogens is 1. The Bertz CT molecular complexity index is 1170. The maximum absolute atomic E-state index is 13.5. The van der Waals surface area contributed by atoms with Gasteiger partial charge in [-0.3, -0.25) is 14.3 Å². The van der Waals surface area contributed by atoms with Gasteiger partial charge in [-0.05, 0) is 29.3 Å². The molecule has 9 heteroatoms. The second-order valence-corrected chi connectivity index (χ2v) is 7.19. The average molecular weight is 427 g/mol. The number of carboxylic acid groups (broad SMARTS) is 1. The first-order valence-corrected chi connectivity index (χ1v) is 9.90. The molecule has 31 heavy (non-hydrogen) atoms. The van der Waals surface area contributed by atoms with Crippen LogP contribution >= 0.6 is 0 Å². The molecule has 2 aromatic heterocycles. The van der Waals surface area contributed by atoms with E-state index in [-0.39, 0.29) is 18.1 Å². The van der Waals surface area contributed by atoms with E-state index < -0.39 is 17.1 Å². The summed E-state index contributed by atoms with van der Waals surface area (Å²) in [6, 6.07) is 7.52. The largest absolute Gasteiger partial charge is 0.495 e. The number of hydrogen-bond acceptors (Lipinski definition) is 6. The van der Waals surface area contributed by atoms with Gasteiger partial charge in [-0.15, -0.1) is 0 Å². The van der Waals surface area contributed by atoms with Crippen molar-refractivity contribution < 1.29 is 23.8 Å². The first-order valence-electron chi connectivity index (χ1n) is 9.90. The zero-order valence-corrected chi connectivity index (χ0v) is 17.0. The molecule has 1 saturated heterocycles. The molecular formula is C22H22FN3O5. The van der Waals surface area contributed by atoms with Crippen LogP contribution in [0.15, 0.2) is 41.3 Å². The lowest BCUT2D eigenvalue weighted by molar-refractivity contribution is 0.0364. The lowest BCUT2D eigenvalue weighted by Crippen LogP contribution is -2.40. The van der Waals surface area contributed by atoms with Crippen LogP contribution in [0, 0.1) is 5.82 Å². The van der Waals surface area contributed by atoms with Crippen LogP contribution in [0.1, 0.15) is 10.4 Å². The fraction of sp³-hybridized carbons (Fsp3) is 0.318. The Balaban J connectivity index is 1.93. The molecule has 1 aromatic carbocycles. The number of carboxylic acids is 1. The van der Waals surface area contributed by atoms with E-state index >= 15 is 0 Å². The van der Waals surface area contributed by atoms with Crippen molar-refractivity contribution in [3.8, 4) is 16.9 Å². The number of fused-ring (bicyclic) bond motifs is 1. The van der Waals surface area contributed by atoms with Gasteiger partial charge in [0.25, 0.3) is 5.56 Å². The number of methoxy groups -OCH3 is 1. The van der Waals surface area contributed by atoms with Gasteiger partial charge in [0.2, 0.25) is 0 Å². The Kier molecular flexibility index (Phi) is 5.97. The molecule has 1 aliphatic heterocycles. The predicted molar refractivity (Wildman–Crippen MR) is 112 cm³/mol. The van der Waals surface area contributed by atoms with Crippen LogP contribution < -0.4 is 10.3 Å². The Hall–Kier alpha value is -3.30. The number of benzene rings is 1. The minimum atomic E-state index is -1.38. The van der Waals surface area contributed by atoms with Crippen molar-refractivity contribution in [1.29, 1.82) is 0 Å². The molecule has 1 fully saturated rings. The molecule has 1 N–H and O–H groups in total. The molecule has 8 nitrogen and oxygen atoms in total. The highest BCUT2D eigenvalue weighted by molar-refractivity contribution is 6.04. The molecule has 0 aliphatic carbocycles. The number of morpholine rings is 1. The summed E-state index contributed by atoms with van der Waals surface area (Å²) < 4.78 is 25.6. The van der Waals surface area contributed by atoms with Crippen LogP contribution in [0.5, 0.6) is 5.75 Å². The lowest BCUT2D eigenvalue weighted by atomic mass is 10.0. The van der Waals surface area contributed by atoms with E-state index in [0.717, 1.165) is 13.1 Å². The van der Waals surface area contributed by atoms with E-state index in [4.69, 9.17) is 9.47 Å². The van der Waals surface area contributed by atoms with Crippen molar-refractivity contribution in [2.75, 3.05) is 40.0 Å². The molecule has 0 spiro atoms. The maximum Gasteiger partial charge on any atom is 0.345 e. The van der Waals surface area contributed by atoms with Gasteiger partial charge in [0.15, 0.2) is 11.3 Å². The van der Waals surface area contributed by atoms with Crippen LogP contribution in [-0.2, 0) is 11.3 Å². The first-order chi connectivity index (χ1) is 15.0. The van der Waals surface area contributed by atoms with Gasteiger partial charge in [-0.2, -0.15) is 0 Å². The number of hydrogen-bond donors (Lipinski definition) is 1. The quantitative estimate of drug-likeness (QED) is 0.645. The van der Waals surface area contributed by atoms with Gasteiger partial charge >= 0.3 is 5.97 Å². The van der Waals surface area contributed by atoms with E-state index in [9.17, 15) is 19.1 Å². The maximum atomic E-state index is 13.5. The number of aromatic carboxylic acids is 1. The molecule has 1 aliphatic rings. The normalized spacial score (nSPS) is 14.6. The average Bonchev–Trinajstić information content (AvgIpc) is 2.78. The van der Waals surface area contributed by atoms with Crippen LogP contribution in [0.4, 0.5) is 4.39 Å². The van der Waals surface area contributed by atoms with E-state index in [1.54, 1.807) is 24.4 Å². The standard InChI is InChI=1S/C22H22FN3O5/c1-30-19-17-16(14-2-4-15(23)5-3-14)6-7-24-20(17)26(21(27)18(19)22(28)29)9-8-25-10-12-31-13-11-25/h2-7H,8-13H2,1H3,(H,28,29). The van der Waals surface area contributed by atoms with Crippen molar-refractivity contribution in [3.05, 3.63) is 58.3 Å². The van der Waals surface area contributed by atoms with Gasteiger partial charge < -0.3 is 14.6 Å². The third-order valence-electron chi connectivity index (χ3n) is 5.42. The monoisotopic (exact) mass is 427 g/mol. The number of ether oxygens (including phenoxy) is 2. The molecule has 4 rings (SSSR count). The summed E-state index contributed by atoms with van der Waals surface area (Å²) in [7, 11) is 1.32. The Morgan fingerprint density at radius 1 is 1.19 bits per heavy atom. The zero-order valence-electron chi connectivity index (χ0n) is 17.0. The van der Waals surface area contributed by atoms with Crippen molar-refractivity contribution in [2.24, 2.45) is 0 Å². The van der Waals surface area contributed by atoms with Gasteiger partial charge in [-0.25, -0.2) is 14.2 Å². The van der Waals surface area contributed by atoms with Crippen LogP contribution in [0.2, 0.25) is 0 Å². The third-order valence-corrected chi connectivity index (χ3v) is 5.42. The Morgan fingerprint density at radius 2 is 1.90 bits per heavy atom. The number of rotatable bonds is 6. The molecule has 0 unspecified atom stereocenters. The van der Waals surface area contributed by atoms with Crippen molar-refractivity contribution in [2.45, 2.75) is 6.54 Å². The molecule has 0 saturated carbocycles.